The highest BCUT2D eigenvalue weighted by Crippen LogP contribution is 2.30. The van der Waals surface area contributed by atoms with E-state index >= 15 is 0 Å². The van der Waals surface area contributed by atoms with E-state index in [9.17, 15) is 22.8 Å². The Morgan fingerprint density at radius 2 is 1.65 bits per heavy atom. The third-order valence-electron chi connectivity index (χ3n) is 6.23. The molecule has 2 N–H and O–H groups in total. The first kappa shape index (κ1) is 33.8. The Hall–Kier alpha value is -5.05. The zero-order valence-corrected chi connectivity index (χ0v) is 26.3. The molecule has 0 aliphatic rings. The maximum Gasteiger partial charge on any atom is 0.573 e. The molecule has 46 heavy (non-hydrogen) atoms. The highest BCUT2D eigenvalue weighted by Gasteiger charge is 2.31. The van der Waals surface area contributed by atoms with E-state index < -0.39 is 12.4 Å². The lowest BCUT2D eigenvalue weighted by Crippen LogP contribution is -2.33. The number of nitrogens with one attached hydrogen (secondary N) is 2. The molecule has 0 unspecified atom stereocenters. The molecular weight excluding hydrogens is 625 g/mol. The Morgan fingerprint density at radius 1 is 1.00 bits per heavy atom. The molecule has 2 amide bonds. The van der Waals surface area contributed by atoms with E-state index in [1.165, 1.54) is 35.3 Å². The van der Waals surface area contributed by atoms with E-state index in [0.29, 0.717) is 34.2 Å². The summed E-state index contributed by atoms with van der Waals surface area (Å²) < 4.78 is 53.2. The number of rotatable bonds is 9. The Balaban J connectivity index is 1.43. The van der Waals surface area contributed by atoms with Crippen LogP contribution in [0.15, 0.2) is 72.0 Å². The number of carbonyl (C=O) groups is 2. The van der Waals surface area contributed by atoms with Crippen molar-refractivity contribution in [1.29, 1.82) is 0 Å². The summed E-state index contributed by atoms with van der Waals surface area (Å²) in [7, 11) is 1.58. The number of thioether (sulfide) groups is 1. The lowest BCUT2D eigenvalue weighted by atomic mass is 10.1. The molecule has 0 saturated carbocycles. The quantitative estimate of drug-likeness (QED) is 0.0841. The van der Waals surface area contributed by atoms with Crippen molar-refractivity contribution < 1.29 is 37.0 Å². The summed E-state index contributed by atoms with van der Waals surface area (Å²) in [6.07, 6.45) is -3.35. The standard InChI is InChI=1S/C31H31F3N6O5S/c1-18(2)28(41)44-17-46-30(37-26-19(3)14-25(43-5)15-20(26)4)38-29(42)36-22-8-6-21(7-9-22)27-35-16-40(39-27)23-10-12-24(13-11-23)45-31(32,33)34/h6-16,18H,17H2,1-5H3,(H2,36,37,38,42). The number of anilines is 1. The van der Waals surface area contributed by atoms with Gasteiger partial charge in [0.25, 0.3) is 0 Å². The Morgan fingerprint density at radius 3 is 2.24 bits per heavy atom. The molecule has 0 aliphatic carbocycles. The molecular formula is C31H31F3N6O5S. The Labute approximate surface area is 267 Å². The van der Waals surface area contributed by atoms with Gasteiger partial charge in [-0.15, -0.1) is 18.3 Å². The number of amides is 2. The number of carbonyl (C=O) groups excluding carboxylic acids is 2. The van der Waals surface area contributed by atoms with Crippen LogP contribution in [0.25, 0.3) is 17.1 Å². The summed E-state index contributed by atoms with van der Waals surface area (Å²) in [6.45, 7) is 7.20. The number of methoxy groups -OCH3 is 1. The van der Waals surface area contributed by atoms with Gasteiger partial charge >= 0.3 is 18.4 Å². The number of amidine groups is 1. The number of aliphatic imine (C=N–C) groups is 1. The second-order valence-corrected chi connectivity index (χ2v) is 11.0. The fraction of sp³-hybridized carbons (Fsp3) is 0.258. The minimum Gasteiger partial charge on any atom is -0.497 e. The van der Waals surface area contributed by atoms with E-state index in [2.05, 4.69) is 30.4 Å². The monoisotopic (exact) mass is 656 g/mol. The zero-order valence-electron chi connectivity index (χ0n) is 25.5. The molecule has 4 aromatic rings. The largest absolute Gasteiger partial charge is 0.573 e. The minimum atomic E-state index is -4.78. The number of esters is 1. The lowest BCUT2D eigenvalue weighted by molar-refractivity contribution is -0.274. The van der Waals surface area contributed by atoms with Gasteiger partial charge in [-0.3, -0.25) is 10.1 Å². The summed E-state index contributed by atoms with van der Waals surface area (Å²) in [5.74, 6) is -0.0346. The maximum absolute atomic E-state index is 13.0. The SMILES string of the molecule is COc1cc(C)c(N=C(NC(=O)Nc2ccc(-c3ncn(-c4ccc(OC(F)(F)F)cc4)n3)cc2)SCOC(=O)C(C)C)c(C)c1. The Kier molecular flexibility index (Phi) is 10.9. The molecule has 242 valence electrons. The smallest absolute Gasteiger partial charge is 0.497 e. The van der Waals surface area contributed by atoms with Gasteiger partial charge in [0.2, 0.25) is 0 Å². The van der Waals surface area contributed by atoms with Crippen molar-refractivity contribution in [3.63, 3.8) is 0 Å². The third-order valence-corrected chi connectivity index (χ3v) is 6.93. The van der Waals surface area contributed by atoms with Crippen molar-refractivity contribution in [3.8, 4) is 28.6 Å². The van der Waals surface area contributed by atoms with Crippen molar-refractivity contribution in [2.24, 2.45) is 10.9 Å². The van der Waals surface area contributed by atoms with Gasteiger partial charge in [-0.2, -0.15) is 0 Å². The number of urea groups is 1. The van der Waals surface area contributed by atoms with Gasteiger partial charge in [-0.05, 0) is 97.4 Å². The first-order valence-corrected chi connectivity index (χ1v) is 14.8. The number of halogens is 3. The van der Waals surface area contributed by atoms with Crippen molar-refractivity contribution in [2.75, 3.05) is 18.4 Å². The average molecular weight is 657 g/mol. The molecule has 0 aliphatic heterocycles. The van der Waals surface area contributed by atoms with Crippen molar-refractivity contribution in [1.82, 2.24) is 20.1 Å². The normalized spacial score (nSPS) is 11.7. The van der Waals surface area contributed by atoms with E-state index in [0.717, 1.165) is 22.9 Å². The molecule has 0 atom stereocenters. The van der Waals surface area contributed by atoms with Crippen LogP contribution in [0.4, 0.5) is 29.3 Å². The first-order valence-electron chi connectivity index (χ1n) is 13.8. The molecule has 1 aromatic heterocycles. The van der Waals surface area contributed by atoms with E-state index in [1.807, 2.05) is 26.0 Å². The number of hydrogen-bond acceptors (Lipinski definition) is 9. The molecule has 0 radical (unpaired) electrons. The summed E-state index contributed by atoms with van der Waals surface area (Å²) >= 11 is 1.06. The number of benzene rings is 3. The maximum atomic E-state index is 13.0. The topological polar surface area (TPSA) is 129 Å². The highest BCUT2D eigenvalue weighted by atomic mass is 32.2. The van der Waals surface area contributed by atoms with Crippen LogP contribution in [-0.4, -0.2) is 51.3 Å². The number of aryl methyl sites for hydroxylation is 2. The van der Waals surface area contributed by atoms with Crippen LogP contribution in [0, 0.1) is 19.8 Å². The molecule has 0 bridgehead atoms. The second-order valence-electron chi connectivity index (χ2n) is 10.1. The number of aromatic nitrogens is 3. The van der Waals surface area contributed by atoms with Gasteiger partial charge in [0, 0.05) is 11.3 Å². The molecule has 0 spiro atoms. The fourth-order valence-corrected chi connectivity index (χ4v) is 4.61. The first-order chi connectivity index (χ1) is 21.8. The van der Waals surface area contributed by atoms with Crippen LogP contribution in [0.1, 0.15) is 25.0 Å². The lowest BCUT2D eigenvalue weighted by Gasteiger charge is -2.13. The summed E-state index contributed by atoms with van der Waals surface area (Å²) in [5, 5.41) is 10.1. The predicted octanol–water partition coefficient (Wildman–Crippen LogP) is 7.16. The molecule has 0 saturated heterocycles. The van der Waals surface area contributed by atoms with E-state index in [-0.39, 0.29) is 28.7 Å². The molecule has 1 heterocycles. The third kappa shape index (κ3) is 9.47. The predicted molar refractivity (Wildman–Crippen MR) is 169 cm³/mol. The fourth-order valence-electron chi connectivity index (χ4n) is 4.00. The van der Waals surface area contributed by atoms with Gasteiger partial charge in [0.05, 0.1) is 24.4 Å². The summed E-state index contributed by atoms with van der Waals surface area (Å²) in [6, 6.07) is 15.0. The summed E-state index contributed by atoms with van der Waals surface area (Å²) in [5.41, 5.74) is 3.88. The van der Waals surface area contributed by atoms with Crippen LogP contribution >= 0.6 is 11.8 Å². The van der Waals surface area contributed by atoms with Crippen molar-refractivity contribution in [3.05, 3.63) is 78.1 Å². The average Bonchev–Trinajstić information content (AvgIpc) is 3.49. The second kappa shape index (κ2) is 14.8. The highest BCUT2D eigenvalue weighted by molar-refractivity contribution is 8.13. The minimum absolute atomic E-state index is 0.0514. The van der Waals surface area contributed by atoms with Gasteiger partial charge in [-0.25, -0.2) is 19.5 Å². The van der Waals surface area contributed by atoms with Gasteiger partial charge in [0.1, 0.15) is 23.8 Å². The van der Waals surface area contributed by atoms with E-state index in [4.69, 9.17) is 9.47 Å². The van der Waals surface area contributed by atoms with E-state index in [1.54, 1.807) is 45.2 Å². The molecule has 0 fully saturated rings. The zero-order chi connectivity index (χ0) is 33.4. The van der Waals surface area contributed by atoms with Crippen LogP contribution in [-0.2, 0) is 9.53 Å². The van der Waals surface area contributed by atoms with Gasteiger partial charge < -0.3 is 19.5 Å². The molecule has 4 rings (SSSR count). The number of hydrogen-bond donors (Lipinski definition) is 2. The van der Waals surface area contributed by atoms with Crippen LogP contribution < -0.4 is 20.1 Å². The van der Waals surface area contributed by atoms with Crippen LogP contribution in [0.3, 0.4) is 0 Å². The van der Waals surface area contributed by atoms with Gasteiger partial charge in [0.15, 0.2) is 11.0 Å². The number of alkyl halides is 3. The Bertz CT molecular complexity index is 1680. The molecule has 3 aromatic carbocycles. The summed E-state index contributed by atoms with van der Waals surface area (Å²) in [4.78, 5) is 33.8. The number of ether oxygens (including phenoxy) is 3. The molecule has 11 nitrogen and oxygen atoms in total. The van der Waals surface area contributed by atoms with Crippen LogP contribution in [0.5, 0.6) is 11.5 Å². The molecule has 15 heteroatoms. The van der Waals surface area contributed by atoms with Crippen molar-refractivity contribution >= 4 is 40.3 Å². The van der Waals surface area contributed by atoms with Crippen LogP contribution in [0.2, 0.25) is 0 Å². The van der Waals surface area contributed by atoms with Gasteiger partial charge in [-0.1, -0.05) is 13.8 Å². The number of nitrogens with zero attached hydrogens (tertiary/aromatic N) is 4. The van der Waals surface area contributed by atoms with Crippen molar-refractivity contribution in [2.45, 2.75) is 34.1 Å².